The molecule has 0 saturated heterocycles. The smallest absolute Gasteiger partial charge is 0.271 e. The molecule has 0 aliphatic heterocycles. The average molecular weight is 326 g/mol. The van der Waals surface area contributed by atoms with Crippen molar-refractivity contribution in [2.75, 3.05) is 6.61 Å². The number of nitrogens with one attached hydrogen (secondary N) is 1. The number of amides is 1. The second-order valence-electron chi connectivity index (χ2n) is 5.36. The van der Waals surface area contributed by atoms with Gasteiger partial charge in [-0.25, -0.2) is 5.43 Å². The normalized spacial score (nSPS) is 10.8. The van der Waals surface area contributed by atoms with E-state index in [-0.39, 0.29) is 12.0 Å². The molecule has 1 N–H and O–H groups in total. The molecular formula is C19H22N2O3. The minimum atomic E-state index is -0.281. The quantitative estimate of drug-likeness (QED) is 0.624. The summed E-state index contributed by atoms with van der Waals surface area (Å²) in [6.07, 6.45) is 1.64. The van der Waals surface area contributed by atoms with Crippen LogP contribution in [-0.2, 0) is 0 Å². The van der Waals surface area contributed by atoms with Crippen LogP contribution in [0.5, 0.6) is 11.5 Å². The summed E-state index contributed by atoms with van der Waals surface area (Å²) in [7, 11) is 0. The SMILES string of the molecule is CCOc1ccc(C(=O)N/N=C/c2ccccc2OC(C)C)cc1. The van der Waals surface area contributed by atoms with Crippen molar-refractivity contribution < 1.29 is 14.3 Å². The summed E-state index contributed by atoms with van der Waals surface area (Å²) in [4.78, 5) is 12.1. The maximum Gasteiger partial charge on any atom is 0.271 e. The van der Waals surface area contributed by atoms with Crippen molar-refractivity contribution in [3.05, 3.63) is 59.7 Å². The van der Waals surface area contributed by atoms with Crippen LogP contribution in [0.3, 0.4) is 0 Å². The van der Waals surface area contributed by atoms with E-state index >= 15 is 0 Å². The topological polar surface area (TPSA) is 59.9 Å². The van der Waals surface area contributed by atoms with E-state index in [0.717, 1.165) is 17.1 Å². The number of ether oxygens (including phenoxy) is 2. The molecule has 5 heteroatoms. The van der Waals surface area contributed by atoms with E-state index < -0.39 is 0 Å². The standard InChI is InChI=1S/C19H22N2O3/c1-4-23-17-11-9-15(10-12-17)19(22)21-20-13-16-7-5-6-8-18(16)24-14(2)3/h5-14H,4H2,1-3H3,(H,21,22)/b20-13+. The summed E-state index contributed by atoms with van der Waals surface area (Å²) < 4.78 is 11.1. The van der Waals surface area contributed by atoms with Gasteiger partial charge in [-0.2, -0.15) is 5.10 Å². The molecule has 0 aliphatic carbocycles. The maximum absolute atomic E-state index is 12.1. The molecule has 5 nitrogen and oxygen atoms in total. The maximum atomic E-state index is 12.1. The fraction of sp³-hybridized carbons (Fsp3) is 0.263. The number of hydrazone groups is 1. The van der Waals surface area contributed by atoms with Crippen LogP contribution < -0.4 is 14.9 Å². The largest absolute Gasteiger partial charge is 0.494 e. The molecule has 0 fully saturated rings. The number of rotatable bonds is 7. The zero-order valence-electron chi connectivity index (χ0n) is 14.2. The highest BCUT2D eigenvalue weighted by Gasteiger charge is 2.05. The lowest BCUT2D eigenvalue weighted by Gasteiger charge is -2.11. The first kappa shape index (κ1) is 17.5. The molecule has 0 atom stereocenters. The Hall–Kier alpha value is -2.82. The monoisotopic (exact) mass is 326 g/mol. The van der Waals surface area contributed by atoms with Gasteiger partial charge >= 0.3 is 0 Å². The van der Waals surface area contributed by atoms with Gasteiger partial charge in [-0.1, -0.05) is 12.1 Å². The summed E-state index contributed by atoms with van der Waals surface area (Å²) in [6.45, 7) is 6.42. The second kappa shape index (κ2) is 8.72. The lowest BCUT2D eigenvalue weighted by molar-refractivity contribution is 0.0955. The van der Waals surface area contributed by atoms with Gasteiger partial charge in [0, 0.05) is 11.1 Å². The lowest BCUT2D eigenvalue weighted by Crippen LogP contribution is -2.17. The van der Waals surface area contributed by atoms with Crippen LogP contribution in [0.4, 0.5) is 0 Å². The zero-order valence-corrected chi connectivity index (χ0v) is 14.2. The molecule has 2 aromatic rings. The van der Waals surface area contributed by atoms with E-state index in [9.17, 15) is 4.79 Å². The molecular weight excluding hydrogens is 304 g/mol. The Balaban J connectivity index is 1.99. The number of carbonyl (C=O) groups is 1. The highest BCUT2D eigenvalue weighted by atomic mass is 16.5. The second-order valence-corrected chi connectivity index (χ2v) is 5.36. The van der Waals surface area contributed by atoms with Crippen LogP contribution in [0, 0.1) is 0 Å². The molecule has 0 radical (unpaired) electrons. The molecule has 0 saturated carbocycles. The molecule has 126 valence electrons. The Bertz CT molecular complexity index is 694. The van der Waals surface area contributed by atoms with E-state index in [2.05, 4.69) is 10.5 Å². The Morgan fingerprint density at radius 1 is 1.17 bits per heavy atom. The first-order chi connectivity index (χ1) is 11.6. The third-order valence-corrected chi connectivity index (χ3v) is 3.08. The van der Waals surface area contributed by atoms with Crippen LogP contribution in [0.25, 0.3) is 0 Å². The van der Waals surface area contributed by atoms with E-state index in [0.29, 0.717) is 12.2 Å². The van der Waals surface area contributed by atoms with Gasteiger partial charge in [0.15, 0.2) is 0 Å². The van der Waals surface area contributed by atoms with Crippen molar-refractivity contribution in [1.29, 1.82) is 0 Å². The fourth-order valence-corrected chi connectivity index (χ4v) is 2.04. The van der Waals surface area contributed by atoms with Gasteiger partial charge in [0.05, 0.1) is 18.9 Å². The molecule has 0 spiro atoms. The zero-order chi connectivity index (χ0) is 17.4. The summed E-state index contributed by atoms with van der Waals surface area (Å²) in [5.41, 5.74) is 3.83. The van der Waals surface area contributed by atoms with Crippen molar-refractivity contribution in [2.24, 2.45) is 5.10 Å². The van der Waals surface area contributed by atoms with Crippen LogP contribution in [-0.4, -0.2) is 24.8 Å². The van der Waals surface area contributed by atoms with E-state index in [1.165, 1.54) is 0 Å². The molecule has 0 bridgehead atoms. The van der Waals surface area contributed by atoms with Gasteiger partial charge < -0.3 is 9.47 Å². The number of para-hydroxylation sites is 1. The fourth-order valence-electron chi connectivity index (χ4n) is 2.04. The van der Waals surface area contributed by atoms with Gasteiger partial charge in [-0.15, -0.1) is 0 Å². The Labute approximate surface area is 142 Å². The minimum absolute atomic E-state index is 0.0676. The summed E-state index contributed by atoms with van der Waals surface area (Å²) in [5.74, 6) is 1.18. The average Bonchev–Trinajstić information content (AvgIpc) is 2.57. The molecule has 2 rings (SSSR count). The number of nitrogens with zero attached hydrogens (tertiary/aromatic N) is 1. The summed E-state index contributed by atoms with van der Waals surface area (Å²) >= 11 is 0. The van der Waals surface area contributed by atoms with Crippen LogP contribution >= 0.6 is 0 Å². The Morgan fingerprint density at radius 2 is 1.88 bits per heavy atom. The molecule has 2 aromatic carbocycles. The van der Waals surface area contributed by atoms with E-state index in [4.69, 9.17) is 9.47 Å². The van der Waals surface area contributed by atoms with Crippen LogP contribution in [0.2, 0.25) is 0 Å². The number of carbonyl (C=O) groups excluding carboxylic acids is 1. The molecule has 0 heterocycles. The first-order valence-electron chi connectivity index (χ1n) is 7.92. The summed E-state index contributed by atoms with van der Waals surface area (Å²) in [6, 6.07) is 14.5. The lowest BCUT2D eigenvalue weighted by atomic mass is 10.2. The highest BCUT2D eigenvalue weighted by Crippen LogP contribution is 2.17. The minimum Gasteiger partial charge on any atom is -0.494 e. The van der Waals surface area contributed by atoms with Crippen molar-refractivity contribution in [2.45, 2.75) is 26.9 Å². The molecule has 0 aliphatic rings. The number of hydrogen-bond acceptors (Lipinski definition) is 4. The van der Waals surface area contributed by atoms with Crippen LogP contribution in [0.15, 0.2) is 53.6 Å². The van der Waals surface area contributed by atoms with Crippen molar-refractivity contribution >= 4 is 12.1 Å². The predicted octanol–water partition coefficient (Wildman–Crippen LogP) is 3.64. The Kier molecular flexibility index (Phi) is 6.37. The van der Waals surface area contributed by atoms with Crippen molar-refractivity contribution in [1.82, 2.24) is 5.43 Å². The van der Waals surface area contributed by atoms with E-state index in [1.54, 1.807) is 30.5 Å². The van der Waals surface area contributed by atoms with Crippen molar-refractivity contribution in [3.63, 3.8) is 0 Å². The van der Waals surface area contributed by atoms with Crippen LogP contribution in [0.1, 0.15) is 36.7 Å². The first-order valence-corrected chi connectivity index (χ1v) is 7.92. The van der Waals surface area contributed by atoms with Gasteiger partial charge in [0.25, 0.3) is 5.91 Å². The third-order valence-electron chi connectivity index (χ3n) is 3.08. The summed E-state index contributed by atoms with van der Waals surface area (Å²) in [5, 5.41) is 4.01. The molecule has 0 aromatic heterocycles. The number of benzene rings is 2. The van der Waals surface area contributed by atoms with Gasteiger partial charge in [-0.3, -0.25) is 4.79 Å². The number of hydrogen-bond donors (Lipinski definition) is 1. The van der Waals surface area contributed by atoms with Gasteiger partial charge in [-0.05, 0) is 57.2 Å². The highest BCUT2D eigenvalue weighted by molar-refractivity contribution is 5.95. The Morgan fingerprint density at radius 3 is 2.54 bits per heavy atom. The molecule has 24 heavy (non-hydrogen) atoms. The predicted molar refractivity (Wildman–Crippen MR) is 94.9 cm³/mol. The van der Waals surface area contributed by atoms with Gasteiger partial charge in [0.1, 0.15) is 11.5 Å². The molecule has 1 amide bonds. The van der Waals surface area contributed by atoms with Gasteiger partial charge in [0.2, 0.25) is 0 Å². The molecule has 0 unspecified atom stereocenters. The van der Waals surface area contributed by atoms with E-state index in [1.807, 2.05) is 45.0 Å². The third kappa shape index (κ3) is 5.12. The van der Waals surface area contributed by atoms with Crippen molar-refractivity contribution in [3.8, 4) is 11.5 Å².